The van der Waals surface area contributed by atoms with Crippen molar-refractivity contribution < 1.29 is 37.3 Å². The number of carbonyl (C=O) groups is 2. The molecule has 0 radical (unpaired) electrons. The molecule has 2 N–H and O–H groups in total. The van der Waals surface area contributed by atoms with Crippen LogP contribution in [0.2, 0.25) is 0 Å². The first-order chi connectivity index (χ1) is 36.9. The van der Waals surface area contributed by atoms with Crippen LogP contribution in [0.4, 0.5) is 0 Å². The predicted octanol–water partition coefficient (Wildman–Crippen LogP) is 20.1. The van der Waals surface area contributed by atoms with E-state index in [2.05, 4.69) is 62.5 Å². The summed E-state index contributed by atoms with van der Waals surface area (Å²) in [7, 11) is 1.49. The van der Waals surface area contributed by atoms with Crippen molar-refractivity contribution in [1.29, 1.82) is 0 Å². The number of amides is 1. The molecule has 0 aliphatic heterocycles. The molecular formula is C66H126N2O7P+. The quantitative estimate of drug-likeness (QED) is 0.0205. The fourth-order valence-corrected chi connectivity index (χ4v) is 10.3. The van der Waals surface area contributed by atoms with Crippen molar-refractivity contribution in [2.24, 2.45) is 0 Å². The van der Waals surface area contributed by atoms with Gasteiger partial charge in [0.05, 0.1) is 33.8 Å². The Morgan fingerprint density at radius 2 is 0.842 bits per heavy atom. The summed E-state index contributed by atoms with van der Waals surface area (Å²) in [5.74, 6) is -0.518. The average molecular weight is 1090 g/mol. The van der Waals surface area contributed by atoms with Crippen molar-refractivity contribution >= 4 is 19.7 Å². The van der Waals surface area contributed by atoms with Gasteiger partial charge in [0, 0.05) is 12.8 Å². The molecule has 0 fully saturated rings. The summed E-state index contributed by atoms with van der Waals surface area (Å²) in [5, 5.41) is 3.06. The van der Waals surface area contributed by atoms with Gasteiger partial charge in [-0.3, -0.25) is 18.6 Å². The van der Waals surface area contributed by atoms with Crippen molar-refractivity contribution in [2.45, 2.75) is 322 Å². The fraction of sp³-hybridized carbons (Fsp3) is 0.848. The summed E-state index contributed by atoms with van der Waals surface area (Å²) in [6.45, 7) is 6.92. The smallest absolute Gasteiger partial charge is 0.456 e. The Bertz CT molecular complexity index is 1440. The number of nitrogens with zero attached hydrogens (tertiary/aromatic N) is 1. The third kappa shape index (κ3) is 56.7. The summed E-state index contributed by atoms with van der Waals surface area (Å²) >= 11 is 0. The lowest BCUT2D eigenvalue weighted by atomic mass is 10.0. The Balaban J connectivity index is 5.15. The monoisotopic (exact) mass is 1090 g/mol. The van der Waals surface area contributed by atoms with E-state index in [1.165, 1.54) is 186 Å². The molecule has 10 heteroatoms. The molecule has 0 rings (SSSR count). The average Bonchev–Trinajstić information content (AvgIpc) is 3.38. The maximum absolute atomic E-state index is 13.6. The van der Waals surface area contributed by atoms with E-state index in [0.717, 1.165) is 83.5 Å². The van der Waals surface area contributed by atoms with Gasteiger partial charge < -0.3 is 19.4 Å². The van der Waals surface area contributed by atoms with Crippen LogP contribution < -0.4 is 5.32 Å². The van der Waals surface area contributed by atoms with Gasteiger partial charge in [-0.05, 0) is 63.9 Å². The summed E-state index contributed by atoms with van der Waals surface area (Å²) in [6, 6.07) is -0.855. The molecule has 0 spiro atoms. The minimum Gasteiger partial charge on any atom is -0.456 e. The summed E-state index contributed by atoms with van der Waals surface area (Å²) in [5.41, 5.74) is 0. The molecule has 446 valence electrons. The molecule has 0 bridgehead atoms. The number of phosphoric ester groups is 1. The molecule has 0 aliphatic rings. The van der Waals surface area contributed by atoms with Gasteiger partial charge in [-0.25, -0.2) is 4.57 Å². The lowest BCUT2D eigenvalue weighted by Gasteiger charge is -2.27. The van der Waals surface area contributed by atoms with Crippen molar-refractivity contribution in [3.05, 3.63) is 48.6 Å². The number of rotatable bonds is 59. The molecule has 0 aliphatic carbocycles. The van der Waals surface area contributed by atoms with Gasteiger partial charge in [-0.2, -0.15) is 0 Å². The van der Waals surface area contributed by atoms with Crippen molar-refractivity contribution in [3.8, 4) is 0 Å². The topological polar surface area (TPSA) is 111 Å². The maximum Gasteiger partial charge on any atom is 0.472 e. The molecule has 0 aromatic carbocycles. The second-order valence-electron chi connectivity index (χ2n) is 23.3. The number of quaternary nitrogens is 1. The molecule has 1 amide bonds. The largest absolute Gasteiger partial charge is 0.472 e. The van der Waals surface area contributed by atoms with Gasteiger partial charge in [0.2, 0.25) is 5.91 Å². The van der Waals surface area contributed by atoms with Crippen molar-refractivity contribution in [1.82, 2.24) is 5.32 Å². The molecule has 9 nitrogen and oxygen atoms in total. The molecular weight excluding hydrogens is 964 g/mol. The molecule has 76 heavy (non-hydrogen) atoms. The van der Waals surface area contributed by atoms with Gasteiger partial charge in [0.1, 0.15) is 19.3 Å². The normalized spacial score (nSPS) is 13.9. The first-order valence-corrected chi connectivity index (χ1v) is 34.0. The molecule has 0 saturated heterocycles. The van der Waals surface area contributed by atoms with Crippen LogP contribution in [-0.4, -0.2) is 74.3 Å². The fourth-order valence-electron chi connectivity index (χ4n) is 9.55. The summed E-state index contributed by atoms with van der Waals surface area (Å²) in [4.78, 5) is 37.7. The van der Waals surface area contributed by atoms with Crippen LogP contribution in [0.1, 0.15) is 310 Å². The second-order valence-corrected chi connectivity index (χ2v) is 24.7. The van der Waals surface area contributed by atoms with Gasteiger partial charge in [-0.1, -0.05) is 282 Å². The lowest BCUT2D eigenvalue weighted by molar-refractivity contribution is -0.870. The first kappa shape index (κ1) is 74.0. The maximum atomic E-state index is 13.6. The van der Waals surface area contributed by atoms with Crippen LogP contribution in [0.5, 0.6) is 0 Å². The number of unbranched alkanes of at least 4 members (excludes halogenated alkanes) is 37. The summed E-state index contributed by atoms with van der Waals surface area (Å²) < 4.78 is 30.7. The standard InChI is InChI=1S/C66H125N2O7P/c1-7-10-13-16-19-22-25-28-30-31-32-33-34-35-36-37-38-40-43-46-49-52-55-58-65(69)67-63(62-74-76(71,72)73-61-60-68(4,5)6)64(57-54-51-48-45-42-39-27-24-21-18-15-12-9-3)75-66(70)59-56-53-50-47-44-41-29-26-23-20-17-14-11-8-2/h11,14,20,23,29,41,54,57,63-64H,7-10,12-13,15-19,21-22,24-28,30-40,42-53,55-56,58-62H2,1-6H3,(H-,67,69,71,72)/p+1/b14-11+,23-20+,41-29+,57-54-. The van der Waals surface area contributed by atoms with E-state index in [-0.39, 0.29) is 31.5 Å². The number of ether oxygens (including phenoxy) is 1. The van der Waals surface area contributed by atoms with Gasteiger partial charge in [0.15, 0.2) is 0 Å². The number of hydrogen-bond acceptors (Lipinski definition) is 6. The van der Waals surface area contributed by atoms with Crippen LogP contribution in [0.3, 0.4) is 0 Å². The van der Waals surface area contributed by atoms with Crippen LogP contribution in [-0.2, 0) is 27.9 Å². The van der Waals surface area contributed by atoms with Crippen LogP contribution in [0.25, 0.3) is 0 Å². The highest BCUT2D eigenvalue weighted by Gasteiger charge is 2.30. The number of phosphoric acid groups is 1. The second kappa shape index (κ2) is 56.3. The van der Waals surface area contributed by atoms with Gasteiger partial charge in [0.25, 0.3) is 0 Å². The predicted molar refractivity (Wildman–Crippen MR) is 328 cm³/mol. The Hall–Kier alpha value is -2.03. The van der Waals surface area contributed by atoms with E-state index in [4.69, 9.17) is 13.8 Å². The third-order valence-electron chi connectivity index (χ3n) is 14.5. The van der Waals surface area contributed by atoms with E-state index in [0.29, 0.717) is 23.9 Å². The van der Waals surface area contributed by atoms with Crippen LogP contribution in [0.15, 0.2) is 48.6 Å². The van der Waals surface area contributed by atoms with Gasteiger partial charge in [-0.15, -0.1) is 0 Å². The van der Waals surface area contributed by atoms with E-state index in [1.54, 1.807) is 0 Å². The van der Waals surface area contributed by atoms with E-state index in [1.807, 2.05) is 33.3 Å². The molecule has 0 saturated carbocycles. The Labute approximate surface area is 471 Å². The zero-order valence-electron chi connectivity index (χ0n) is 51.0. The number of nitrogens with one attached hydrogen (secondary N) is 1. The number of carbonyl (C=O) groups excluding carboxylic acids is 2. The molecule has 0 aromatic rings. The minimum atomic E-state index is -4.45. The van der Waals surface area contributed by atoms with E-state index >= 15 is 0 Å². The van der Waals surface area contributed by atoms with Gasteiger partial charge >= 0.3 is 13.8 Å². The van der Waals surface area contributed by atoms with Crippen molar-refractivity contribution in [2.75, 3.05) is 40.9 Å². The Kier molecular flexibility index (Phi) is 54.7. The van der Waals surface area contributed by atoms with Crippen LogP contribution >= 0.6 is 7.82 Å². The number of esters is 1. The third-order valence-corrected chi connectivity index (χ3v) is 15.5. The highest BCUT2D eigenvalue weighted by atomic mass is 31.2. The molecule has 0 aromatic heterocycles. The van der Waals surface area contributed by atoms with E-state index in [9.17, 15) is 19.0 Å². The molecule has 0 heterocycles. The Morgan fingerprint density at radius 3 is 1.26 bits per heavy atom. The zero-order chi connectivity index (χ0) is 55.7. The zero-order valence-corrected chi connectivity index (χ0v) is 51.9. The lowest BCUT2D eigenvalue weighted by Crippen LogP contribution is -2.47. The SMILES string of the molecule is CC/C=C/C/C=C/C/C=C/CCCCCCC(=O)OC(/C=C\CCCCCCCCCCCCC)C(COP(=O)(O)OCC[N+](C)(C)C)NC(=O)CCCCCCCCCCCCCCCCCCCCCCCCC. The van der Waals surface area contributed by atoms with E-state index < -0.39 is 20.0 Å². The number of likely N-dealkylation sites (N-methyl/N-ethyl adjacent to an activating group) is 1. The minimum absolute atomic E-state index is 0.0376. The molecule has 3 unspecified atom stereocenters. The Morgan fingerprint density at radius 1 is 0.474 bits per heavy atom. The summed E-state index contributed by atoms with van der Waals surface area (Å²) in [6.07, 6.45) is 69.8. The first-order valence-electron chi connectivity index (χ1n) is 32.5. The van der Waals surface area contributed by atoms with Crippen LogP contribution in [0, 0.1) is 0 Å². The van der Waals surface area contributed by atoms with Crippen molar-refractivity contribution in [3.63, 3.8) is 0 Å². The highest BCUT2D eigenvalue weighted by molar-refractivity contribution is 7.47. The number of allylic oxidation sites excluding steroid dienone is 7. The number of hydrogen-bond donors (Lipinski definition) is 2. The highest BCUT2D eigenvalue weighted by Crippen LogP contribution is 2.43. The molecule has 3 atom stereocenters.